The molecule has 39 valence electrons. The monoisotopic (exact) mass is 167 g/mol. The molecule has 1 aromatic rings. The van der Waals surface area contributed by atoms with Gasteiger partial charge in [0.2, 0.25) is 0 Å². The molecule has 1 nitrogen and oxygen atoms in total. The van der Waals surface area contributed by atoms with Crippen LogP contribution in [0.5, 0.6) is 5.75 Å². The van der Waals surface area contributed by atoms with E-state index < -0.39 is 0 Å². The first-order chi connectivity index (χ1) is 3.80. The van der Waals surface area contributed by atoms with Crippen LogP contribution >= 0.6 is 0 Å². The van der Waals surface area contributed by atoms with Crippen molar-refractivity contribution in [3.8, 4) is 5.75 Å². The van der Waals surface area contributed by atoms with Crippen LogP contribution in [-0.2, 0) is 0 Å². The van der Waals surface area contributed by atoms with Crippen LogP contribution in [0.3, 0.4) is 0 Å². The topological polar surface area (TPSA) is 20.2 Å². The van der Waals surface area contributed by atoms with Gasteiger partial charge in [0.15, 0.2) is 0 Å². The average Bonchev–Trinajstić information content (AvgIpc) is 1.77. The van der Waals surface area contributed by atoms with Gasteiger partial charge in [0.25, 0.3) is 0 Å². The van der Waals surface area contributed by atoms with Crippen LogP contribution in [0, 0.1) is 0 Å². The van der Waals surface area contributed by atoms with E-state index in [4.69, 9.17) is 5.11 Å². The van der Waals surface area contributed by atoms with Crippen LogP contribution in [0.25, 0.3) is 0 Å². The molecule has 1 N–H and O–H groups in total. The van der Waals surface area contributed by atoms with Crippen LogP contribution in [0.1, 0.15) is 0 Å². The zero-order chi connectivity index (χ0) is 5.98. The fraction of sp³-hybridized carbons (Fsp3) is 0. The molecule has 0 bridgehead atoms. The van der Waals surface area contributed by atoms with E-state index in [-0.39, 0.29) is 0 Å². The molecule has 1 aromatic carbocycles. The predicted octanol–water partition coefficient (Wildman–Crippen LogP) is 0.186. The zero-order valence-corrected chi connectivity index (χ0v) is 6.35. The van der Waals surface area contributed by atoms with Crippen molar-refractivity contribution in [1.82, 2.24) is 0 Å². The van der Waals surface area contributed by atoms with Gasteiger partial charge >= 0.3 is 56.0 Å². The number of phenolic OH excluding ortho intramolecular Hbond substituents is 1. The Bertz CT molecular complexity index is 165. The molecule has 0 aliphatic rings. The molecule has 0 spiro atoms. The third-order valence-electron chi connectivity index (χ3n) is 0.904. The summed E-state index contributed by atoms with van der Waals surface area (Å²) in [4.78, 5) is 0. The molecule has 0 saturated carbocycles. The van der Waals surface area contributed by atoms with Gasteiger partial charge in [0.05, 0.1) is 0 Å². The van der Waals surface area contributed by atoms with Gasteiger partial charge in [-0.05, 0) is 0 Å². The molecule has 1 rings (SSSR count). The van der Waals surface area contributed by atoms with E-state index >= 15 is 0 Å². The Morgan fingerprint density at radius 1 is 1.25 bits per heavy atom. The summed E-state index contributed by atoms with van der Waals surface area (Å²) in [6, 6.07) is 7.25. The summed E-state index contributed by atoms with van der Waals surface area (Å²) in [7, 11) is 0. The Labute approximate surface area is 56.6 Å². The number of aromatic hydroxyl groups is 1. The molecule has 0 amide bonds. The summed E-state index contributed by atoms with van der Waals surface area (Å²) in [5, 5.41) is 8.92. The second-order valence-electron chi connectivity index (χ2n) is 1.52. The molecule has 0 unspecified atom stereocenters. The summed E-state index contributed by atoms with van der Waals surface area (Å²) in [5.41, 5.74) is 0. The van der Waals surface area contributed by atoms with Gasteiger partial charge in [-0.15, -0.1) is 0 Å². The van der Waals surface area contributed by atoms with Crippen LogP contribution in [0.4, 0.5) is 0 Å². The van der Waals surface area contributed by atoms with E-state index in [1.807, 2.05) is 34.7 Å². The van der Waals surface area contributed by atoms with Gasteiger partial charge in [-0.2, -0.15) is 0 Å². The molecule has 2 heteroatoms. The minimum absolute atomic E-state index is 0.368. The van der Waals surface area contributed by atoms with E-state index in [2.05, 4.69) is 0 Å². The summed E-state index contributed by atoms with van der Waals surface area (Å²) < 4.78 is 0.924. The molecule has 0 atom stereocenters. The first kappa shape index (κ1) is 5.70. The standard InChI is InChI=1S/C6H5GeO/c7-5-3-1-2-4-6(5)8/h1-4,8H. The van der Waals surface area contributed by atoms with Crippen molar-refractivity contribution < 1.29 is 5.11 Å². The van der Waals surface area contributed by atoms with Gasteiger partial charge in [0.1, 0.15) is 0 Å². The van der Waals surface area contributed by atoms with E-state index in [9.17, 15) is 0 Å². The quantitative estimate of drug-likeness (QED) is 0.545. The molecule has 0 aliphatic heterocycles. The molecule has 0 heterocycles. The van der Waals surface area contributed by atoms with Gasteiger partial charge in [-0.3, -0.25) is 0 Å². The number of phenols is 1. The average molecular weight is 166 g/mol. The Morgan fingerprint density at radius 3 is 2.25 bits per heavy atom. The molecule has 0 aliphatic carbocycles. The van der Waals surface area contributed by atoms with Crippen molar-refractivity contribution in [2.24, 2.45) is 0 Å². The van der Waals surface area contributed by atoms with Crippen molar-refractivity contribution >= 4 is 20.9 Å². The van der Waals surface area contributed by atoms with Gasteiger partial charge in [-0.1, -0.05) is 0 Å². The number of para-hydroxylation sites is 1. The molecule has 0 saturated heterocycles. The van der Waals surface area contributed by atoms with Crippen LogP contribution in [0.2, 0.25) is 0 Å². The van der Waals surface area contributed by atoms with Crippen LogP contribution < -0.4 is 4.40 Å². The maximum absolute atomic E-state index is 8.92. The Hall–Kier alpha value is -0.437. The molecular formula is C6H5GeO. The maximum atomic E-state index is 8.92. The number of hydrogen-bond donors (Lipinski definition) is 1. The summed E-state index contributed by atoms with van der Waals surface area (Å²) in [6.45, 7) is 0. The first-order valence-electron chi connectivity index (χ1n) is 2.30. The third kappa shape index (κ3) is 1.04. The van der Waals surface area contributed by atoms with Crippen molar-refractivity contribution in [2.45, 2.75) is 0 Å². The van der Waals surface area contributed by atoms with Crippen molar-refractivity contribution in [2.75, 3.05) is 0 Å². The molecule has 8 heavy (non-hydrogen) atoms. The van der Waals surface area contributed by atoms with Crippen LogP contribution in [0.15, 0.2) is 24.3 Å². The van der Waals surface area contributed by atoms with E-state index in [1.54, 1.807) is 6.07 Å². The predicted molar refractivity (Wildman–Crippen MR) is 33.5 cm³/mol. The summed E-state index contributed by atoms with van der Waals surface area (Å²) in [6.07, 6.45) is 0. The fourth-order valence-electron chi connectivity index (χ4n) is 0.474. The Morgan fingerprint density at radius 2 is 1.88 bits per heavy atom. The molecule has 0 aromatic heterocycles. The molecule has 0 fully saturated rings. The second kappa shape index (κ2) is 2.22. The summed E-state index contributed by atoms with van der Waals surface area (Å²) in [5.74, 6) is 0.368. The molecule has 3 radical (unpaired) electrons. The second-order valence-corrected chi connectivity index (χ2v) is 2.65. The Kier molecular flexibility index (Phi) is 1.58. The first-order valence-corrected chi connectivity index (χ1v) is 3.35. The van der Waals surface area contributed by atoms with Gasteiger partial charge in [-0.25, -0.2) is 0 Å². The van der Waals surface area contributed by atoms with Crippen LogP contribution in [-0.4, -0.2) is 21.6 Å². The minimum atomic E-state index is 0.368. The summed E-state index contributed by atoms with van der Waals surface area (Å²) >= 11 is 1.87. The number of hydrogen-bond acceptors (Lipinski definition) is 1. The van der Waals surface area contributed by atoms with Gasteiger partial charge in [0, 0.05) is 0 Å². The van der Waals surface area contributed by atoms with E-state index in [0.717, 1.165) is 4.40 Å². The van der Waals surface area contributed by atoms with E-state index in [0.29, 0.717) is 5.75 Å². The van der Waals surface area contributed by atoms with Crippen molar-refractivity contribution in [3.05, 3.63) is 24.3 Å². The SMILES string of the molecule is Oc1cccc[c]1[Ge]. The third-order valence-corrected chi connectivity index (χ3v) is 1.79. The zero-order valence-electron chi connectivity index (χ0n) is 4.26. The normalized spacial score (nSPS) is 9.12. The number of rotatable bonds is 0. The van der Waals surface area contributed by atoms with Gasteiger partial charge < -0.3 is 0 Å². The molecular weight excluding hydrogens is 161 g/mol. The Balaban J connectivity index is 3.13. The number of benzene rings is 1. The van der Waals surface area contributed by atoms with Crippen molar-refractivity contribution in [3.63, 3.8) is 0 Å². The fourth-order valence-corrected chi connectivity index (χ4v) is 0.850. The van der Waals surface area contributed by atoms with Crippen molar-refractivity contribution in [1.29, 1.82) is 0 Å². The van der Waals surface area contributed by atoms with E-state index in [1.165, 1.54) is 0 Å².